The molecular formula is C25H29N3OS. The number of benzene rings is 2. The molecule has 0 saturated carbocycles. The highest BCUT2D eigenvalue weighted by Gasteiger charge is 2.30. The lowest BCUT2D eigenvalue weighted by Crippen LogP contribution is -2.49. The maximum Gasteiger partial charge on any atom is 0.246 e. The Balaban J connectivity index is 1.49. The summed E-state index contributed by atoms with van der Waals surface area (Å²) < 4.78 is 0. The highest BCUT2D eigenvalue weighted by Crippen LogP contribution is 2.26. The van der Waals surface area contributed by atoms with E-state index in [1.807, 2.05) is 31.2 Å². The van der Waals surface area contributed by atoms with Crippen molar-refractivity contribution in [2.75, 3.05) is 31.5 Å². The van der Waals surface area contributed by atoms with Gasteiger partial charge in [-0.2, -0.15) is 11.3 Å². The number of nitrogens with zero attached hydrogens (tertiary/aromatic N) is 2. The Labute approximate surface area is 183 Å². The summed E-state index contributed by atoms with van der Waals surface area (Å²) in [7, 11) is 0. The summed E-state index contributed by atoms with van der Waals surface area (Å²) in [5.74, 6) is 0.0428. The predicted molar refractivity (Wildman–Crippen MR) is 125 cm³/mol. The van der Waals surface area contributed by atoms with Crippen LogP contribution in [0.15, 0.2) is 65.4 Å². The molecule has 4 nitrogen and oxygen atoms in total. The second-order valence-electron chi connectivity index (χ2n) is 8.06. The van der Waals surface area contributed by atoms with Gasteiger partial charge in [0.2, 0.25) is 5.91 Å². The van der Waals surface area contributed by atoms with Gasteiger partial charge in [0.15, 0.2) is 0 Å². The highest BCUT2D eigenvalue weighted by atomic mass is 32.1. The molecule has 1 aliphatic rings. The number of hydrogen-bond donors (Lipinski definition) is 1. The third kappa shape index (κ3) is 4.98. The van der Waals surface area contributed by atoms with E-state index >= 15 is 0 Å². The Morgan fingerprint density at radius 2 is 1.80 bits per heavy atom. The molecule has 2 aromatic carbocycles. The number of hydrogen-bond acceptors (Lipinski definition) is 4. The molecule has 1 saturated heterocycles. The van der Waals surface area contributed by atoms with Crippen LogP contribution in [-0.2, 0) is 11.3 Å². The second kappa shape index (κ2) is 9.56. The molecule has 0 bridgehead atoms. The predicted octanol–water partition coefficient (Wildman–Crippen LogP) is 4.86. The van der Waals surface area contributed by atoms with Crippen molar-refractivity contribution in [3.8, 4) is 0 Å². The summed E-state index contributed by atoms with van der Waals surface area (Å²) in [6.45, 7) is 8.77. The Hall–Kier alpha value is -2.47. The van der Waals surface area contributed by atoms with Crippen molar-refractivity contribution in [2.45, 2.75) is 26.4 Å². The highest BCUT2D eigenvalue weighted by molar-refractivity contribution is 7.07. The largest absolute Gasteiger partial charge is 0.324 e. The van der Waals surface area contributed by atoms with Gasteiger partial charge in [0, 0.05) is 38.4 Å². The van der Waals surface area contributed by atoms with Gasteiger partial charge in [-0.1, -0.05) is 42.5 Å². The van der Waals surface area contributed by atoms with Gasteiger partial charge in [-0.3, -0.25) is 14.6 Å². The van der Waals surface area contributed by atoms with Crippen LogP contribution in [0, 0.1) is 13.8 Å². The maximum absolute atomic E-state index is 13.4. The van der Waals surface area contributed by atoms with Crippen LogP contribution in [-0.4, -0.2) is 41.9 Å². The molecule has 0 aliphatic carbocycles. The first-order valence-electron chi connectivity index (χ1n) is 10.5. The van der Waals surface area contributed by atoms with Gasteiger partial charge >= 0.3 is 0 Å². The molecule has 2 heterocycles. The molecule has 0 radical (unpaired) electrons. The Morgan fingerprint density at radius 1 is 1.03 bits per heavy atom. The minimum atomic E-state index is -0.283. The van der Waals surface area contributed by atoms with Gasteiger partial charge < -0.3 is 5.32 Å². The van der Waals surface area contributed by atoms with Crippen molar-refractivity contribution in [1.82, 2.24) is 9.80 Å². The molecule has 1 aliphatic heterocycles. The smallest absolute Gasteiger partial charge is 0.246 e. The summed E-state index contributed by atoms with van der Waals surface area (Å²) in [5, 5.41) is 7.55. The van der Waals surface area contributed by atoms with Gasteiger partial charge in [-0.05, 0) is 59.0 Å². The lowest BCUT2D eigenvalue weighted by Gasteiger charge is -2.38. The van der Waals surface area contributed by atoms with E-state index in [4.69, 9.17) is 0 Å². The summed E-state index contributed by atoms with van der Waals surface area (Å²) in [5.41, 5.74) is 5.56. The summed E-state index contributed by atoms with van der Waals surface area (Å²) >= 11 is 1.75. The fraction of sp³-hybridized carbons (Fsp3) is 0.320. The average molecular weight is 420 g/mol. The van der Waals surface area contributed by atoms with E-state index in [0.717, 1.165) is 55.1 Å². The van der Waals surface area contributed by atoms with Crippen LogP contribution in [0.25, 0.3) is 0 Å². The average Bonchev–Trinajstić information content (AvgIpc) is 3.26. The van der Waals surface area contributed by atoms with Crippen LogP contribution >= 0.6 is 11.3 Å². The number of amides is 1. The molecule has 156 valence electrons. The fourth-order valence-corrected chi connectivity index (χ4v) is 4.72. The van der Waals surface area contributed by atoms with E-state index in [2.05, 4.69) is 63.1 Å². The van der Waals surface area contributed by atoms with Crippen molar-refractivity contribution in [3.05, 3.63) is 87.6 Å². The van der Waals surface area contributed by atoms with Gasteiger partial charge in [0.05, 0.1) is 0 Å². The van der Waals surface area contributed by atoms with Crippen molar-refractivity contribution in [2.24, 2.45) is 0 Å². The quantitative estimate of drug-likeness (QED) is 0.620. The first kappa shape index (κ1) is 20.8. The van der Waals surface area contributed by atoms with Crippen molar-refractivity contribution in [3.63, 3.8) is 0 Å². The zero-order valence-corrected chi connectivity index (χ0v) is 18.5. The van der Waals surface area contributed by atoms with Crippen LogP contribution in [0.1, 0.15) is 28.3 Å². The van der Waals surface area contributed by atoms with E-state index in [0.29, 0.717) is 0 Å². The lowest BCUT2D eigenvalue weighted by molar-refractivity contribution is -0.122. The summed E-state index contributed by atoms with van der Waals surface area (Å²) in [6, 6.07) is 18.3. The molecule has 0 unspecified atom stereocenters. The molecule has 1 aromatic heterocycles. The van der Waals surface area contributed by atoms with Gasteiger partial charge in [-0.15, -0.1) is 0 Å². The van der Waals surface area contributed by atoms with Crippen LogP contribution in [0.5, 0.6) is 0 Å². The number of piperazine rings is 1. The van der Waals surface area contributed by atoms with Crippen LogP contribution < -0.4 is 5.32 Å². The van der Waals surface area contributed by atoms with Gasteiger partial charge in [0.1, 0.15) is 6.04 Å². The van der Waals surface area contributed by atoms with Crippen molar-refractivity contribution < 1.29 is 4.79 Å². The second-order valence-corrected chi connectivity index (χ2v) is 8.84. The minimum Gasteiger partial charge on any atom is -0.324 e. The molecule has 1 amide bonds. The Kier molecular flexibility index (Phi) is 6.62. The molecule has 1 N–H and O–H groups in total. The zero-order chi connectivity index (χ0) is 20.9. The van der Waals surface area contributed by atoms with Crippen LogP contribution in [0.4, 0.5) is 5.69 Å². The topological polar surface area (TPSA) is 35.6 Å². The standard InChI is InChI=1S/C25H29N3OS/c1-19-8-9-20(2)23(16-19)26-25(29)24(22-6-4-3-5-7-22)28-13-11-27(12-14-28)17-21-10-15-30-18-21/h3-10,15-16,18,24H,11-14,17H2,1-2H3,(H,26,29)/t24-/m0/s1. The van der Waals surface area contributed by atoms with Gasteiger partial charge in [-0.25, -0.2) is 0 Å². The number of carbonyl (C=O) groups excluding carboxylic acids is 1. The molecule has 4 rings (SSSR count). The Bertz CT molecular complexity index is 963. The number of rotatable bonds is 6. The minimum absolute atomic E-state index is 0.0428. The SMILES string of the molecule is Cc1ccc(C)c(NC(=O)[C@H](c2ccccc2)N2CCN(Cc3ccsc3)CC2)c1. The number of aryl methyl sites for hydroxylation is 2. The van der Waals surface area contributed by atoms with E-state index in [-0.39, 0.29) is 11.9 Å². The third-order valence-corrected chi connectivity index (χ3v) is 6.50. The fourth-order valence-electron chi connectivity index (χ4n) is 4.06. The monoisotopic (exact) mass is 419 g/mol. The number of thiophene rings is 1. The Morgan fingerprint density at radius 3 is 2.50 bits per heavy atom. The van der Waals surface area contributed by atoms with Crippen LogP contribution in [0.2, 0.25) is 0 Å². The zero-order valence-electron chi connectivity index (χ0n) is 17.7. The molecule has 5 heteroatoms. The summed E-state index contributed by atoms with van der Waals surface area (Å²) in [4.78, 5) is 18.2. The molecule has 1 atom stereocenters. The first-order chi connectivity index (χ1) is 14.6. The number of nitrogens with one attached hydrogen (secondary N) is 1. The van der Waals surface area contributed by atoms with Crippen molar-refractivity contribution in [1.29, 1.82) is 0 Å². The molecule has 0 spiro atoms. The normalized spacial score (nSPS) is 16.3. The first-order valence-corrected chi connectivity index (χ1v) is 11.4. The molecular weight excluding hydrogens is 390 g/mol. The molecule has 3 aromatic rings. The van der Waals surface area contributed by atoms with E-state index in [1.54, 1.807) is 11.3 Å². The van der Waals surface area contributed by atoms with E-state index in [9.17, 15) is 4.79 Å². The summed E-state index contributed by atoms with van der Waals surface area (Å²) in [6.07, 6.45) is 0. The molecule has 1 fully saturated rings. The van der Waals surface area contributed by atoms with E-state index in [1.165, 1.54) is 5.56 Å². The third-order valence-electron chi connectivity index (χ3n) is 5.77. The number of carbonyl (C=O) groups is 1. The maximum atomic E-state index is 13.4. The van der Waals surface area contributed by atoms with E-state index < -0.39 is 0 Å². The number of anilines is 1. The van der Waals surface area contributed by atoms with Crippen molar-refractivity contribution >= 4 is 22.9 Å². The molecule has 30 heavy (non-hydrogen) atoms. The van der Waals surface area contributed by atoms with Gasteiger partial charge in [0.25, 0.3) is 0 Å². The lowest BCUT2D eigenvalue weighted by atomic mass is 10.0. The van der Waals surface area contributed by atoms with Crippen LogP contribution in [0.3, 0.4) is 0 Å².